The van der Waals surface area contributed by atoms with Gasteiger partial charge in [0.15, 0.2) is 23.9 Å². The first-order valence-corrected chi connectivity index (χ1v) is 8.87. The number of rotatable bonds is 8. The van der Waals surface area contributed by atoms with Gasteiger partial charge in [-0.2, -0.15) is 0 Å². The van der Waals surface area contributed by atoms with Gasteiger partial charge in [0.2, 0.25) is 0 Å². The van der Waals surface area contributed by atoms with Crippen molar-refractivity contribution in [1.82, 2.24) is 9.71 Å². The van der Waals surface area contributed by atoms with E-state index in [1.807, 2.05) is 4.72 Å². The van der Waals surface area contributed by atoms with Crippen molar-refractivity contribution in [1.29, 1.82) is 0 Å². The fourth-order valence-corrected chi connectivity index (χ4v) is 2.97. The number of nitrogens with one attached hydrogen (secondary N) is 2. The lowest BCUT2D eigenvalue weighted by atomic mass is 10.2. The summed E-state index contributed by atoms with van der Waals surface area (Å²) in [6.07, 6.45) is 1.18. The summed E-state index contributed by atoms with van der Waals surface area (Å²) in [5.74, 6) is -2.53. The van der Waals surface area contributed by atoms with Crippen LogP contribution in [0.15, 0.2) is 47.5 Å². The Kier molecular flexibility index (Phi) is 6.08. The molecule has 11 heteroatoms. The molecule has 0 spiro atoms. The molecule has 27 heavy (non-hydrogen) atoms. The molecule has 10 nitrogen and oxygen atoms in total. The van der Waals surface area contributed by atoms with E-state index in [1.54, 1.807) is 6.07 Å². The normalized spacial score (nSPS) is 11.9. The summed E-state index contributed by atoms with van der Waals surface area (Å²) < 4.78 is 31.3. The van der Waals surface area contributed by atoms with Gasteiger partial charge in [-0.15, -0.1) is 0 Å². The van der Waals surface area contributed by atoms with Gasteiger partial charge in [0.05, 0.1) is 17.6 Å². The number of aromatic nitrogens is 1. The number of hydrogen-bond acceptors (Lipinski definition) is 8. The third-order valence-electron chi connectivity index (χ3n) is 3.31. The number of carboxylic acid groups (broad SMARTS) is 1. The zero-order valence-electron chi connectivity index (χ0n) is 13.9. The largest absolute Gasteiger partial charge is 0.493 e. The van der Waals surface area contributed by atoms with Gasteiger partial charge in [-0.1, -0.05) is 18.2 Å². The number of sulfonamides is 1. The first-order valence-electron chi connectivity index (χ1n) is 7.39. The molecule has 0 saturated heterocycles. The van der Waals surface area contributed by atoms with Crippen molar-refractivity contribution >= 4 is 34.0 Å². The minimum Gasteiger partial charge on any atom is -0.493 e. The molecule has 142 valence electrons. The summed E-state index contributed by atoms with van der Waals surface area (Å²) in [6.45, 7) is 0. The molecule has 2 rings (SSSR count). The third kappa shape index (κ3) is 4.79. The minimum absolute atomic E-state index is 0.0483. The van der Waals surface area contributed by atoms with Crippen LogP contribution >= 0.6 is 0 Å². The molecule has 0 fully saturated rings. The average molecular weight is 393 g/mol. The van der Waals surface area contributed by atoms with E-state index >= 15 is 0 Å². The molecule has 0 aliphatic rings. The lowest BCUT2D eigenvalue weighted by molar-refractivity contribution is -0.139. The standard InChI is InChI=1S/C16H15N3O7S/c1-26-13-7-10(8-17-14(13)18-12(9-20)16(22)23)15(21)19-27(24,25)11-5-3-2-4-6-11/h2-9,12H,1H3,(H,17,18)(H,19,21)(H,22,23). The van der Waals surface area contributed by atoms with Crippen molar-refractivity contribution in [3.63, 3.8) is 0 Å². The Morgan fingerprint density at radius 1 is 1.26 bits per heavy atom. The van der Waals surface area contributed by atoms with Crippen molar-refractivity contribution in [3.8, 4) is 5.75 Å². The average Bonchev–Trinajstić information content (AvgIpc) is 2.66. The van der Waals surface area contributed by atoms with Crippen LogP contribution in [0.2, 0.25) is 0 Å². The maximum absolute atomic E-state index is 12.2. The molecule has 1 unspecified atom stereocenters. The number of amides is 1. The topological polar surface area (TPSA) is 152 Å². The summed E-state index contributed by atoms with van der Waals surface area (Å²) in [7, 11) is -2.84. The molecule has 0 aliphatic heterocycles. The van der Waals surface area contributed by atoms with Gasteiger partial charge in [0, 0.05) is 6.20 Å². The van der Waals surface area contributed by atoms with Gasteiger partial charge in [-0.25, -0.2) is 22.9 Å². The molecule has 1 aromatic carbocycles. The van der Waals surface area contributed by atoms with Crippen LogP contribution in [0.1, 0.15) is 10.4 Å². The second kappa shape index (κ2) is 8.27. The molecule has 1 amide bonds. The van der Waals surface area contributed by atoms with E-state index in [2.05, 4.69) is 10.3 Å². The van der Waals surface area contributed by atoms with E-state index in [4.69, 9.17) is 9.84 Å². The molecule has 0 bridgehead atoms. The summed E-state index contributed by atoms with van der Waals surface area (Å²) >= 11 is 0. The highest BCUT2D eigenvalue weighted by Crippen LogP contribution is 2.23. The second-order valence-electron chi connectivity index (χ2n) is 5.12. The zero-order valence-corrected chi connectivity index (χ0v) is 14.8. The number of methoxy groups -OCH3 is 1. The number of ether oxygens (including phenoxy) is 1. The number of carbonyl (C=O) groups excluding carboxylic acids is 2. The molecule has 0 aliphatic carbocycles. The molecule has 2 aromatic rings. The van der Waals surface area contributed by atoms with Gasteiger partial charge >= 0.3 is 5.97 Å². The first kappa shape index (κ1) is 19.8. The van der Waals surface area contributed by atoms with Crippen LogP contribution in [-0.2, 0) is 19.6 Å². The Hall–Kier alpha value is -3.47. The number of aliphatic carboxylic acids is 1. The van der Waals surface area contributed by atoms with Crippen molar-refractivity contribution in [2.24, 2.45) is 0 Å². The lowest BCUT2D eigenvalue weighted by Gasteiger charge is -2.13. The Labute approximate surface area is 154 Å². The second-order valence-corrected chi connectivity index (χ2v) is 6.80. The molecule has 0 saturated carbocycles. The van der Waals surface area contributed by atoms with E-state index in [1.165, 1.54) is 31.4 Å². The summed E-state index contributed by atoms with van der Waals surface area (Å²) in [5.41, 5.74) is -0.144. The first-order chi connectivity index (χ1) is 12.8. The Morgan fingerprint density at radius 3 is 2.48 bits per heavy atom. The van der Waals surface area contributed by atoms with Crippen LogP contribution in [-0.4, -0.2) is 49.8 Å². The predicted octanol–water partition coefficient (Wildman–Crippen LogP) is 0.273. The van der Waals surface area contributed by atoms with Gasteiger partial charge in [0.1, 0.15) is 0 Å². The van der Waals surface area contributed by atoms with E-state index < -0.39 is 27.9 Å². The van der Waals surface area contributed by atoms with Crippen LogP contribution in [0.4, 0.5) is 5.82 Å². The van der Waals surface area contributed by atoms with Gasteiger partial charge in [-0.3, -0.25) is 4.79 Å². The maximum Gasteiger partial charge on any atom is 0.333 e. The highest BCUT2D eigenvalue weighted by atomic mass is 32.2. The van der Waals surface area contributed by atoms with Gasteiger partial charge < -0.3 is 20.0 Å². The van der Waals surface area contributed by atoms with Crippen molar-refractivity contribution in [2.75, 3.05) is 12.4 Å². The zero-order chi connectivity index (χ0) is 20.0. The number of anilines is 1. The summed E-state index contributed by atoms with van der Waals surface area (Å²) in [5, 5.41) is 11.2. The van der Waals surface area contributed by atoms with Gasteiger partial charge in [-0.05, 0) is 18.2 Å². The van der Waals surface area contributed by atoms with Crippen LogP contribution in [0.3, 0.4) is 0 Å². The predicted molar refractivity (Wildman–Crippen MR) is 93.0 cm³/mol. The Morgan fingerprint density at radius 2 is 1.93 bits per heavy atom. The van der Waals surface area contributed by atoms with Crippen LogP contribution in [0, 0.1) is 0 Å². The van der Waals surface area contributed by atoms with Crippen molar-refractivity contribution in [2.45, 2.75) is 10.9 Å². The molecule has 1 aromatic heterocycles. The number of carboxylic acids is 1. The fourth-order valence-electron chi connectivity index (χ4n) is 1.97. The summed E-state index contributed by atoms with van der Waals surface area (Å²) in [4.78, 5) is 37.7. The van der Waals surface area contributed by atoms with E-state index in [9.17, 15) is 22.8 Å². The van der Waals surface area contributed by atoms with E-state index in [0.29, 0.717) is 0 Å². The fraction of sp³-hybridized carbons (Fsp3) is 0.125. The smallest absolute Gasteiger partial charge is 0.333 e. The Balaban J connectivity index is 2.25. The number of hydrogen-bond donors (Lipinski definition) is 3. The number of carbonyl (C=O) groups is 3. The third-order valence-corrected chi connectivity index (χ3v) is 4.66. The lowest BCUT2D eigenvalue weighted by Crippen LogP contribution is -2.32. The van der Waals surface area contributed by atoms with Crippen LogP contribution in [0.25, 0.3) is 0 Å². The number of aldehydes is 1. The van der Waals surface area contributed by atoms with E-state index in [0.717, 1.165) is 12.3 Å². The quantitative estimate of drug-likeness (QED) is 0.424. The number of pyridine rings is 1. The molecule has 3 N–H and O–H groups in total. The van der Waals surface area contributed by atoms with Crippen LogP contribution < -0.4 is 14.8 Å². The highest BCUT2D eigenvalue weighted by Gasteiger charge is 2.22. The molecule has 0 radical (unpaired) electrons. The molecular formula is C16H15N3O7S. The van der Waals surface area contributed by atoms with Gasteiger partial charge in [0.25, 0.3) is 15.9 Å². The number of nitrogens with zero attached hydrogens (tertiary/aromatic N) is 1. The number of benzene rings is 1. The monoisotopic (exact) mass is 393 g/mol. The van der Waals surface area contributed by atoms with Crippen LogP contribution in [0.5, 0.6) is 5.75 Å². The SMILES string of the molecule is COc1cc(C(=O)NS(=O)(=O)c2ccccc2)cnc1NC(C=O)C(=O)O. The molecular weight excluding hydrogens is 378 g/mol. The summed E-state index contributed by atoms with van der Waals surface area (Å²) in [6, 6.07) is 6.90. The molecule has 1 atom stereocenters. The van der Waals surface area contributed by atoms with E-state index in [-0.39, 0.29) is 28.3 Å². The Bertz CT molecular complexity index is 961. The maximum atomic E-state index is 12.2. The highest BCUT2D eigenvalue weighted by molar-refractivity contribution is 7.90. The molecule has 1 heterocycles. The van der Waals surface area contributed by atoms with Crippen molar-refractivity contribution in [3.05, 3.63) is 48.2 Å². The minimum atomic E-state index is -4.08. The van der Waals surface area contributed by atoms with Crippen molar-refractivity contribution < 1.29 is 32.6 Å².